The first-order chi connectivity index (χ1) is 16.1. The maximum Gasteiger partial charge on any atom is 0.441 e. The molecule has 2 aliphatic heterocycles. The number of rotatable bonds is 6. The molecular weight excluding hydrogens is 469 g/mol. The molecule has 176 valence electrons. The Labute approximate surface area is 197 Å². The van der Waals surface area contributed by atoms with Gasteiger partial charge in [0.15, 0.2) is 5.84 Å². The molecule has 0 aliphatic carbocycles. The van der Waals surface area contributed by atoms with Gasteiger partial charge in [-0.05, 0) is 60.5 Å². The van der Waals surface area contributed by atoms with Crippen LogP contribution in [0, 0.1) is 19.3 Å². The number of thioether (sulfide) groups is 1. The fraction of sp³-hybridized carbons (Fsp3) is 0.217. The number of fused-ring (bicyclic) bond motifs is 1. The SMILES string of the molecule is Cc1cccc(C)c1OCCOc1ccc(/C=C2/C(=N)N3N=C(C(F)(F)F)SC3=NC2=O)cc1. The van der Waals surface area contributed by atoms with Crippen LogP contribution in [-0.4, -0.2) is 46.4 Å². The third kappa shape index (κ3) is 4.98. The van der Waals surface area contributed by atoms with Gasteiger partial charge in [-0.2, -0.15) is 28.3 Å². The van der Waals surface area contributed by atoms with Crippen molar-refractivity contribution in [2.24, 2.45) is 10.1 Å². The lowest BCUT2D eigenvalue weighted by Crippen LogP contribution is -2.35. The van der Waals surface area contributed by atoms with Crippen molar-refractivity contribution in [3.63, 3.8) is 0 Å². The van der Waals surface area contributed by atoms with Gasteiger partial charge < -0.3 is 9.47 Å². The molecule has 0 bridgehead atoms. The van der Waals surface area contributed by atoms with Crippen LogP contribution < -0.4 is 9.47 Å². The Morgan fingerprint density at radius 2 is 1.71 bits per heavy atom. The van der Waals surface area contributed by atoms with Crippen molar-refractivity contribution >= 4 is 39.8 Å². The van der Waals surface area contributed by atoms with Crippen molar-refractivity contribution in [3.8, 4) is 11.5 Å². The number of hydrogen-bond donors (Lipinski definition) is 1. The Hall–Kier alpha value is -3.60. The Morgan fingerprint density at radius 1 is 1.06 bits per heavy atom. The lowest BCUT2D eigenvalue weighted by atomic mass is 10.1. The van der Waals surface area contributed by atoms with Gasteiger partial charge in [0.05, 0.1) is 5.57 Å². The van der Waals surface area contributed by atoms with Crippen molar-refractivity contribution in [2.45, 2.75) is 20.0 Å². The van der Waals surface area contributed by atoms with E-state index in [1.807, 2.05) is 32.0 Å². The molecule has 0 atom stereocenters. The molecule has 34 heavy (non-hydrogen) atoms. The van der Waals surface area contributed by atoms with Gasteiger partial charge in [0.25, 0.3) is 5.91 Å². The van der Waals surface area contributed by atoms with E-state index >= 15 is 0 Å². The minimum absolute atomic E-state index is 0.160. The van der Waals surface area contributed by atoms with Crippen LogP contribution in [0.4, 0.5) is 13.2 Å². The molecule has 2 aliphatic rings. The second-order valence-corrected chi connectivity index (χ2v) is 8.37. The van der Waals surface area contributed by atoms with Crippen LogP contribution in [-0.2, 0) is 4.79 Å². The zero-order valence-corrected chi connectivity index (χ0v) is 19.0. The quantitative estimate of drug-likeness (QED) is 0.460. The average Bonchev–Trinajstić information content (AvgIpc) is 3.21. The van der Waals surface area contributed by atoms with Crippen LogP contribution in [0.25, 0.3) is 6.08 Å². The molecule has 2 aromatic carbocycles. The number of hydrazone groups is 1. The molecule has 2 heterocycles. The van der Waals surface area contributed by atoms with Crippen LogP contribution in [0.15, 0.2) is 58.1 Å². The van der Waals surface area contributed by atoms with E-state index < -0.39 is 23.0 Å². The molecule has 11 heteroatoms. The average molecular weight is 488 g/mol. The van der Waals surface area contributed by atoms with E-state index in [1.54, 1.807) is 24.3 Å². The highest BCUT2D eigenvalue weighted by Gasteiger charge is 2.46. The summed E-state index contributed by atoms with van der Waals surface area (Å²) in [6.07, 6.45) is -3.30. The molecule has 0 radical (unpaired) electrons. The number of amidine groups is 2. The van der Waals surface area contributed by atoms with E-state index in [4.69, 9.17) is 14.9 Å². The lowest BCUT2D eigenvalue weighted by Gasteiger charge is -2.20. The summed E-state index contributed by atoms with van der Waals surface area (Å²) in [7, 11) is 0. The van der Waals surface area contributed by atoms with Crippen molar-refractivity contribution in [1.82, 2.24) is 5.01 Å². The summed E-state index contributed by atoms with van der Waals surface area (Å²) >= 11 is 0.214. The maximum absolute atomic E-state index is 12.9. The van der Waals surface area contributed by atoms with Gasteiger partial charge >= 0.3 is 6.18 Å². The molecule has 7 nitrogen and oxygen atoms in total. The van der Waals surface area contributed by atoms with E-state index in [1.165, 1.54) is 6.08 Å². The molecule has 4 rings (SSSR count). The third-order valence-electron chi connectivity index (χ3n) is 4.90. The summed E-state index contributed by atoms with van der Waals surface area (Å²) in [6, 6.07) is 12.6. The van der Waals surface area contributed by atoms with Gasteiger partial charge in [-0.3, -0.25) is 10.2 Å². The summed E-state index contributed by atoms with van der Waals surface area (Å²) in [5.41, 5.74) is 2.49. The van der Waals surface area contributed by atoms with Crippen LogP contribution in [0.2, 0.25) is 0 Å². The number of halogens is 3. The number of benzene rings is 2. The number of carbonyl (C=O) groups excluding carboxylic acids is 1. The highest BCUT2D eigenvalue weighted by molar-refractivity contribution is 8.27. The van der Waals surface area contributed by atoms with Crippen LogP contribution >= 0.6 is 11.8 Å². The first-order valence-corrected chi connectivity index (χ1v) is 10.9. The zero-order chi connectivity index (χ0) is 24.5. The molecule has 0 aromatic heterocycles. The number of ether oxygens (including phenoxy) is 2. The molecule has 0 fully saturated rings. The second-order valence-electron chi connectivity index (χ2n) is 7.41. The normalized spacial score (nSPS) is 17.0. The molecule has 0 saturated carbocycles. The van der Waals surface area contributed by atoms with Gasteiger partial charge in [-0.1, -0.05) is 30.3 Å². The number of carbonyl (C=O) groups is 1. The van der Waals surface area contributed by atoms with E-state index in [9.17, 15) is 18.0 Å². The van der Waals surface area contributed by atoms with E-state index in [2.05, 4.69) is 10.1 Å². The molecule has 0 unspecified atom stereocenters. The Balaban J connectivity index is 1.38. The molecule has 0 saturated heterocycles. The minimum Gasteiger partial charge on any atom is -0.490 e. The van der Waals surface area contributed by atoms with Crippen LogP contribution in [0.5, 0.6) is 11.5 Å². The zero-order valence-electron chi connectivity index (χ0n) is 18.1. The smallest absolute Gasteiger partial charge is 0.441 e. The van der Waals surface area contributed by atoms with Gasteiger partial charge in [-0.15, -0.1) is 0 Å². The molecule has 1 amide bonds. The monoisotopic (exact) mass is 488 g/mol. The van der Waals surface area contributed by atoms with Gasteiger partial charge in [0.1, 0.15) is 24.7 Å². The Bertz CT molecular complexity index is 1220. The molecule has 0 spiro atoms. The number of nitrogens with zero attached hydrogens (tertiary/aromatic N) is 3. The fourth-order valence-electron chi connectivity index (χ4n) is 3.26. The summed E-state index contributed by atoms with van der Waals surface area (Å²) in [5, 5.41) is 10.8. The van der Waals surface area contributed by atoms with E-state index in [0.29, 0.717) is 29.5 Å². The Morgan fingerprint density at radius 3 is 2.35 bits per heavy atom. The van der Waals surface area contributed by atoms with Crippen molar-refractivity contribution in [2.75, 3.05) is 13.2 Å². The van der Waals surface area contributed by atoms with Gasteiger partial charge in [0.2, 0.25) is 10.2 Å². The number of nitrogens with one attached hydrogen (secondary N) is 1. The maximum atomic E-state index is 12.9. The van der Waals surface area contributed by atoms with Crippen LogP contribution in [0.3, 0.4) is 0 Å². The lowest BCUT2D eigenvalue weighted by molar-refractivity contribution is -0.114. The van der Waals surface area contributed by atoms with E-state index in [-0.39, 0.29) is 22.5 Å². The fourth-order valence-corrected chi connectivity index (χ4v) is 4.02. The predicted molar refractivity (Wildman–Crippen MR) is 124 cm³/mol. The largest absolute Gasteiger partial charge is 0.490 e. The van der Waals surface area contributed by atoms with Gasteiger partial charge in [0, 0.05) is 0 Å². The topological polar surface area (TPSA) is 87.3 Å². The van der Waals surface area contributed by atoms with Crippen molar-refractivity contribution in [3.05, 3.63) is 64.7 Å². The molecular formula is C23H19F3N4O3S. The Kier molecular flexibility index (Phi) is 6.47. The summed E-state index contributed by atoms with van der Waals surface area (Å²) in [6.45, 7) is 4.63. The first-order valence-electron chi connectivity index (χ1n) is 10.1. The minimum atomic E-state index is -4.68. The van der Waals surface area contributed by atoms with Crippen LogP contribution in [0.1, 0.15) is 16.7 Å². The molecule has 1 N–H and O–H groups in total. The molecule has 2 aromatic rings. The van der Waals surface area contributed by atoms with Gasteiger partial charge in [-0.25, -0.2) is 0 Å². The predicted octanol–water partition coefficient (Wildman–Crippen LogP) is 4.94. The number of alkyl halides is 3. The standard InChI is InChI=1S/C23H19F3N4O3S/c1-13-4-3-5-14(2)18(13)33-11-10-32-16-8-6-15(7-9-16)12-17-19(27)30-22(28-20(17)31)34-21(29-30)23(24,25)26/h3-9,12,27H,10-11H2,1-2H3/b17-12-,27-19?. The number of aryl methyl sites for hydroxylation is 2. The van der Waals surface area contributed by atoms with Crippen molar-refractivity contribution < 1.29 is 27.4 Å². The summed E-state index contributed by atoms with van der Waals surface area (Å²) < 4.78 is 50.2. The number of aliphatic imine (C=N–C) groups is 1. The summed E-state index contributed by atoms with van der Waals surface area (Å²) in [5.74, 6) is 0.145. The second kappa shape index (κ2) is 9.34. The van der Waals surface area contributed by atoms with Crippen molar-refractivity contribution in [1.29, 1.82) is 5.41 Å². The number of hydrogen-bond acceptors (Lipinski definition) is 6. The number of amides is 1. The highest BCUT2D eigenvalue weighted by Crippen LogP contribution is 2.35. The third-order valence-corrected chi connectivity index (χ3v) is 5.85. The summed E-state index contributed by atoms with van der Waals surface area (Å²) in [4.78, 5) is 16.0. The first kappa shape index (κ1) is 23.6. The highest BCUT2D eigenvalue weighted by atomic mass is 32.2. The number of para-hydroxylation sites is 1. The van der Waals surface area contributed by atoms with E-state index in [0.717, 1.165) is 16.9 Å².